The zero-order chi connectivity index (χ0) is 15.4. The van der Waals surface area contributed by atoms with Crippen LogP contribution in [0, 0.1) is 12.8 Å². The van der Waals surface area contributed by atoms with Gasteiger partial charge in [-0.2, -0.15) is 0 Å². The molecule has 2 atom stereocenters. The summed E-state index contributed by atoms with van der Waals surface area (Å²) in [5.41, 5.74) is 0.499. The summed E-state index contributed by atoms with van der Waals surface area (Å²) in [6.45, 7) is 4.97. The van der Waals surface area contributed by atoms with Crippen LogP contribution in [0.2, 0.25) is 0 Å². The van der Waals surface area contributed by atoms with Crippen LogP contribution in [0.15, 0.2) is 0 Å². The molecule has 1 aliphatic rings. The molecule has 3 N–H and O–H groups in total. The van der Waals surface area contributed by atoms with Gasteiger partial charge in [0.05, 0.1) is 18.3 Å². The highest BCUT2D eigenvalue weighted by Crippen LogP contribution is 2.20. The molecule has 0 aliphatic carbocycles. The van der Waals surface area contributed by atoms with Gasteiger partial charge in [0.25, 0.3) is 0 Å². The van der Waals surface area contributed by atoms with E-state index >= 15 is 0 Å². The molecular weight excluding hydrogens is 290 g/mol. The maximum absolute atomic E-state index is 12.1. The standard InChI is InChI=1S/C14H21N3O3S/c1-3-9-4-5-15-10(6-9)13(18)16-7-11-17-8(2)12(21-11)14(19)20/h9-10,15H,3-7H2,1-2H3,(H,16,18)(H,19,20). The van der Waals surface area contributed by atoms with Gasteiger partial charge < -0.3 is 15.7 Å². The number of piperidine rings is 1. The van der Waals surface area contributed by atoms with Gasteiger partial charge in [-0.15, -0.1) is 11.3 Å². The van der Waals surface area contributed by atoms with Crippen molar-refractivity contribution < 1.29 is 14.7 Å². The fourth-order valence-corrected chi connectivity index (χ4v) is 3.42. The van der Waals surface area contributed by atoms with Gasteiger partial charge in [0.1, 0.15) is 9.88 Å². The second kappa shape index (κ2) is 7.00. The summed E-state index contributed by atoms with van der Waals surface area (Å²) < 4.78 is 0. The van der Waals surface area contributed by atoms with E-state index in [2.05, 4.69) is 22.5 Å². The maximum atomic E-state index is 12.1. The van der Waals surface area contributed by atoms with Crippen molar-refractivity contribution in [1.82, 2.24) is 15.6 Å². The lowest BCUT2D eigenvalue weighted by molar-refractivity contribution is -0.124. The highest BCUT2D eigenvalue weighted by atomic mass is 32.1. The lowest BCUT2D eigenvalue weighted by atomic mass is 9.90. The fourth-order valence-electron chi connectivity index (χ4n) is 2.58. The molecule has 0 saturated carbocycles. The van der Waals surface area contributed by atoms with Crippen LogP contribution in [0.4, 0.5) is 0 Å². The van der Waals surface area contributed by atoms with Crippen molar-refractivity contribution in [2.75, 3.05) is 6.54 Å². The molecule has 0 spiro atoms. The number of carboxylic acids is 1. The minimum absolute atomic E-state index is 0.0297. The molecular formula is C14H21N3O3S. The average Bonchev–Trinajstić information content (AvgIpc) is 2.86. The van der Waals surface area contributed by atoms with Crippen LogP contribution in [-0.4, -0.2) is 34.6 Å². The van der Waals surface area contributed by atoms with Gasteiger partial charge >= 0.3 is 5.97 Å². The van der Waals surface area contributed by atoms with Crippen molar-refractivity contribution in [1.29, 1.82) is 0 Å². The lowest BCUT2D eigenvalue weighted by Gasteiger charge is -2.28. The van der Waals surface area contributed by atoms with Gasteiger partial charge in [-0.3, -0.25) is 4.79 Å². The number of amides is 1. The number of nitrogens with one attached hydrogen (secondary N) is 2. The predicted octanol–water partition coefficient (Wildman–Crippen LogP) is 1.54. The highest BCUT2D eigenvalue weighted by Gasteiger charge is 2.26. The average molecular weight is 311 g/mol. The van der Waals surface area contributed by atoms with Gasteiger partial charge in [-0.1, -0.05) is 13.3 Å². The number of aromatic nitrogens is 1. The molecule has 0 aromatic carbocycles. The van der Waals surface area contributed by atoms with Crippen molar-refractivity contribution in [2.24, 2.45) is 5.92 Å². The Labute approximate surface area is 128 Å². The minimum Gasteiger partial charge on any atom is -0.477 e. The first kappa shape index (κ1) is 15.9. The first-order chi connectivity index (χ1) is 10.0. The number of carbonyl (C=O) groups excluding carboxylic acids is 1. The lowest BCUT2D eigenvalue weighted by Crippen LogP contribution is -2.48. The second-order valence-corrected chi connectivity index (χ2v) is 6.43. The Morgan fingerprint density at radius 1 is 1.52 bits per heavy atom. The molecule has 1 fully saturated rings. The fraction of sp³-hybridized carbons (Fsp3) is 0.643. The van der Waals surface area contributed by atoms with E-state index in [1.54, 1.807) is 6.92 Å². The molecule has 2 rings (SSSR count). The van der Waals surface area contributed by atoms with Gasteiger partial charge in [0.2, 0.25) is 5.91 Å². The second-order valence-electron chi connectivity index (χ2n) is 5.35. The largest absolute Gasteiger partial charge is 0.477 e. The SMILES string of the molecule is CCC1CCNC(C(=O)NCc2nc(C)c(C(=O)O)s2)C1. The van der Waals surface area contributed by atoms with Crippen LogP contribution < -0.4 is 10.6 Å². The zero-order valence-electron chi connectivity index (χ0n) is 12.3. The summed E-state index contributed by atoms with van der Waals surface area (Å²) in [4.78, 5) is 27.5. The Balaban J connectivity index is 1.89. The van der Waals surface area contributed by atoms with Crippen LogP contribution in [0.3, 0.4) is 0 Å². The molecule has 6 nitrogen and oxygen atoms in total. The normalized spacial score (nSPS) is 22.0. The van der Waals surface area contributed by atoms with Gasteiger partial charge in [0.15, 0.2) is 0 Å². The predicted molar refractivity (Wildman–Crippen MR) is 80.5 cm³/mol. The summed E-state index contributed by atoms with van der Waals surface area (Å²) in [5, 5.41) is 15.7. The molecule has 1 aliphatic heterocycles. The molecule has 7 heteroatoms. The van der Waals surface area contributed by atoms with E-state index in [0.29, 0.717) is 16.6 Å². The third-order valence-electron chi connectivity index (χ3n) is 3.86. The molecule has 0 bridgehead atoms. The topological polar surface area (TPSA) is 91.3 Å². The first-order valence-corrected chi connectivity index (χ1v) is 8.03. The number of rotatable bonds is 5. The quantitative estimate of drug-likeness (QED) is 0.767. The Bertz CT molecular complexity index is 530. The molecule has 21 heavy (non-hydrogen) atoms. The number of aryl methyl sites for hydroxylation is 1. The number of hydrogen-bond acceptors (Lipinski definition) is 5. The number of carboxylic acid groups (broad SMARTS) is 1. The van der Waals surface area contributed by atoms with Gasteiger partial charge in [-0.25, -0.2) is 9.78 Å². The van der Waals surface area contributed by atoms with E-state index in [1.807, 2.05) is 0 Å². The minimum atomic E-state index is -0.970. The van der Waals surface area contributed by atoms with E-state index in [-0.39, 0.29) is 23.4 Å². The van der Waals surface area contributed by atoms with Crippen LogP contribution in [0.5, 0.6) is 0 Å². The van der Waals surface area contributed by atoms with E-state index in [9.17, 15) is 9.59 Å². The molecule has 1 aromatic rings. The maximum Gasteiger partial charge on any atom is 0.347 e. The van der Waals surface area contributed by atoms with Gasteiger partial charge in [0, 0.05) is 0 Å². The summed E-state index contributed by atoms with van der Waals surface area (Å²) in [5.74, 6) is -0.400. The van der Waals surface area contributed by atoms with Crippen LogP contribution in [0.1, 0.15) is 46.6 Å². The van der Waals surface area contributed by atoms with E-state index < -0.39 is 5.97 Å². The van der Waals surface area contributed by atoms with E-state index in [1.165, 1.54) is 0 Å². The van der Waals surface area contributed by atoms with Crippen LogP contribution in [-0.2, 0) is 11.3 Å². The summed E-state index contributed by atoms with van der Waals surface area (Å²) in [6, 6.07) is -0.149. The third-order valence-corrected chi connectivity index (χ3v) is 5.00. The Morgan fingerprint density at radius 3 is 2.90 bits per heavy atom. The zero-order valence-corrected chi connectivity index (χ0v) is 13.1. The summed E-state index contributed by atoms with van der Waals surface area (Å²) >= 11 is 1.12. The molecule has 116 valence electrons. The molecule has 1 saturated heterocycles. The molecule has 2 heterocycles. The smallest absolute Gasteiger partial charge is 0.347 e. The number of thiazole rings is 1. The molecule has 1 aromatic heterocycles. The third kappa shape index (κ3) is 4.01. The number of nitrogens with zero attached hydrogens (tertiary/aromatic N) is 1. The monoisotopic (exact) mass is 311 g/mol. The van der Waals surface area contributed by atoms with Crippen LogP contribution in [0.25, 0.3) is 0 Å². The van der Waals surface area contributed by atoms with Crippen LogP contribution >= 0.6 is 11.3 Å². The van der Waals surface area contributed by atoms with E-state index in [4.69, 9.17) is 5.11 Å². The van der Waals surface area contributed by atoms with E-state index in [0.717, 1.165) is 37.1 Å². The molecule has 2 unspecified atom stereocenters. The Hall–Kier alpha value is -1.47. The number of aromatic carboxylic acids is 1. The van der Waals surface area contributed by atoms with Crippen molar-refractivity contribution in [2.45, 2.75) is 45.7 Å². The molecule has 0 radical (unpaired) electrons. The Kier molecular flexibility index (Phi) is 5.30. The first-order valence-electron chi connectivity index (χ1n) is 7.22. The Morgan fingerprint density at radius 2 is 2.29 bits per heavy atom. The van der Waals surface area contributed by atoms with Crippen molar-refractivity contribution >= 4 is 23.2 Å². The number of carbonyl (C=O) groups is 2. The van der Waals surface area contributed by atoms with Gasteiger partial charge in [-0.05, 0) is 32.2 Å². The summed E-state index contributed by atoms with van der Waals surface area (Å²) in [6.07, 6.45) is 3.08. The molecule has 1 amide bonds. The summed E-state index contributed by atoms with van der Waals surface area (Å²) in [7, 11) is 0. The van der Waals surface area contributed by atoms with Crippen molar-refractivity contribution in [3.05, 3.63) is 15.6 Å². The highest BCUT2D eigenvalue weighted by molar-refractivity contribution is 7.13. The van der Waals surface area contributed by atoms with Crippen molar-refractivity contribution in [3.63, 3.8) is 0 Å². The number of hydrogen-bond donors (Lipinski definition) is 3. The van der Waals surface area contributed by atoms with Crippen molar-refractivity contribution in [3.8, 4) is 0 Å².